The van der Waals surface area contributed by atoms with Crippen LogP contribution in [-0.4, -0.2) is 44.4 Å². The highest BCUT2D eigenvalue weighted by Crippen LogP contribution is 2.58. The normalized spacial score (nSPS) is 30.5. The number of methoxy groups -OCH3 is 1. The molecule has 7 rings (SSSR count). The maximum atomic E-state index is 13.8. The van der Waals surface area contributed by atoms with Gasteiger partial charge in [-0.1, -0.05) is 23.9 Å². The van der Waals surface area contributed by atoms with Gasteiger partial charge in [-0.25, -0.2) is 4.98 Å². The highest BCUT2D eigenvalue weighted by atomic mass is 32.2. The molecule has 0 radical (unpaired) electrons. The van der Waals surface area contributed by atoms with E-state index in [2.05, 4.69) is 32.2 Å². The lowest BCUT2D eigenvalue weighted by molar-refractivity contribution is -0.149. The summed E-state index contributed by atoms with van der Waals surface area (Å²) in [5.74, 6) is 5.38. The van der Waals surface area contributed by atoms with Crippen LogP contribution in [0.5, 0.6) is 5.75 Å². The first kappa shape index (κ1) is 20.6. The number of aromatic nitrogens is 3. The first-order valence-electron chi connectivity index (χ1n) is 12.1. The van der Waals surface area contributed by atoms with Gasteiger partial charge in [0.15, 0.2) is 0 Å². The number of aromatic amines is 1. The van der Waals surface area contributed by atoms with E-state index in [4.69, 9.17) is 4.74 Å². The molecular weight excluding hydrogens is 420 g/mol. The van der Waals surface area contributed by atoms with Crippen LogP contribution in [0.25, 0.3) is 0 Å². The minimum absolute atomic E-state index is 0.0215. The fourth-order valence-electron chi connectivity index (χ4n) is 6.94. The molecule has 5 aliphatic carbocycles. The Labute approximate surface area is 193 Å². The summed E-state index contributed by atoms with van der Waals surface area (Å²) in [4.78, 5) is 20.6. The molecule has 7 heteroatoms. The first-order valence-corrected chi connectivity index (χ1v) is 13.1. The lowest BCUT2D eigenvalue weighted by atomic mass is 9.52. The second-order valence-corrected chi connectivity index (χ2v) is 11.5. The zero-order valence-corrected chi connectivity index (χ0v) is 19.6. The molecule has 1 aromatic carbocycles. The summed E-state index contributed by atoms with van der Waals surface area (Å²) < 4.78 is 5.45. The van der Waals surface area contributed by atoms with Crippen molar-refractivity contribution < 1.29 is 9.53 Å². The topological polar surface area (TPSA) is 71.1 Å². The molecule has 2 aromatic rings. The zero-order valence-electron chi connectivity index (χ0n) is 18.8. The van der Waals surface area contributed by atoms with E-state index in [1.54, 1.807) is 7.11 Å². The number of benzene rings is 1. The van der Waals surface area contributed by atoms with Gasteiger partial charge in [-0.3, -0.25) is 9.89 Å². The van der Waals surface area contributed by atoms with E-state index in [0.29, 0.717) is 23.4 Å². The van der Waals surface area contributed by atoms with E-state index in [0.717, 1.165) is 34.9 Å². The molecule has 1 amide bonds. The van der Waals surface area contributed by atoms with Crippen LogP contribution in [0.15, 0.2) is 29.4 Å². The third kappa shape index (κ3) is 3.93. The van der Waals surface area contributed by atoms with Crippen LogP contribution < -0.4 is 4.74 Å². The third-order valence-electron chi connectivity index (χ3n) is 8.13. The van der Waals surface area contributed by atoms with Crippen LogP contribution in [0.2, 0.25) is 0 Å². The van der Waals surface area contributed by atoms with Crippen LogP contribution in [0.3, 0.4) is 0 Å². The molecule has 0 aliphatic heterocycles. The van der Waals surface area contributed by atoms with Gasteiger partial charge in [0.1, 0.15) is 11.6 Å². The number of H-pyrrole nitrogens is 1. The molecule has 170 valence electrons. The Morgan fingerprint density at radius 2 is 1.91 bits per heavy atom. The summed E-state index contributed by atoms with van der Waals surface area (Å²) in [7, 11) is 1.70. The van der Waals surface area contributed by atoms with Crippen molar-refractivity contribution in [1.29, 1.82) is 0 Å². The van der Waals surface area contributed by atoms with Gasteiger partial charge < -0.3 is 9.64 Å². The van der Waals surface area contributed by atoms with Crippen LogP contribution >= 0.6 is 11.8 Å². The fraction of sp³-hybridized carbons (Fsp3) is 0.640. The number of carbonyl (C=O) groups is 1. The molecule has 0 atom stereocenters. The van der Waals surface area contributed by atoms with Gasteiger partial charge in [0, 0.05) is 18.0 Å². The first-order chi connectivity index (χ1) is 15.6. The molecule has 5 fully saturated rings. The number of thioether (sulfide) groups is 1. The van der Waals surface area contributed by atoms with Crippen molar-refractivity contribution in [2.75, 3.05) is 12.9 Å². The Morgan fingerprint density at radius 1 is 1.19 bits per heavy atom. The monoisotopic (exact) mass is 452 g/mol. The van der Waals surface area contributed by atoms with Crippen molar-refractivity contribution in [3.8, 4) is 5.75 Å². The zero-order chi connectivity index (χ0) is 21.7. The molecule has 1 aromatic heterocycles. The predicted molar refractivity (Wildman–Crippen MR) is 124 cm³/mol. The number of carbonyl (C=O) groups excluding carboxylic acids is 1. The van der Waals surface area contributed by atoms with E-state index >= 15 is 0 Å². The molecule has 0 unspecified atom stereocenters. The number of rotatable bonds is 8. The molecule has 0 spiro atoms. The molecule has 4 bridgehead atoms. The summed E-state index contributed by atoms with van der Waals surface area (Å²) in [6.07, 6.45) is 10.0. The predicted octanol–water partition coefficient (Wildman–Crippen LogP) is 4.78. The lowest BCUT2D eigenvalue weighted by Gasteiger charge is -2.60. The Balaban J connectivity index is 1.23. The third-order valence-corrected chi connectivity index (χ3v) is 8.96. The van der Waals surface area contributed by atoms with Crippen molar-refractivity contribution in [3.63, 3.8) is 0 Å². The highest BCUT2D eigenvalue weighted by Gasteiger charge is 2.54. The maximum absolute atomic E-state index is 13.8. The maximum Gasteiger partial charge on any atom is 0.233 e. The summed E-state index contributed by atoms with van der Waals surface area (Å²) >= 11 is 1.48. The Bertz CT molecular complexity index is 966. The minimum Gasteiger partial charge on any atom is -0.497 e. The average molecular weight is 453 g/mol. The van der Waals surface area contributed by atoms with Gasteiger partial charge in [0.05, 0.1) is 12.9 Å². The number of nitrogens with zero attached hydrogens (tertiary/aromatic N) is 3. The quantitative estimate of drug-likeness (QED) is 0.584. The van der Waals surface area contributed by atoms with Crippen LogP contribution in [0, 0.1) is 17.8 Å². The number of nitrogens with one attached hydrogen (secondary N) is 1. The van der Waals surface area contributed by atoms with Crippen LogP contribution in [0.1, 0.15) is 68.7 Å². The molecule has 5 saturated carbocycles. The van der Waals surface area contributed by atoms with Gasteiger partial charge >= 0.3 is 0 Å². The van der Waals surface area contributed by atoms with Crippen LogP contribution in [-0.2, 0) is 11.3 Å². The standard InChI is InChI=1S/C25H32N4O2S/c1-31-21-4-2-3-16(10-21)14-29(25-11-17-7-18(12-25)9-19(8-17)13-25)22(30)15-32-24-26-23(27-28-24)20-5-6-20/h2-4,10,17-20H,5-9,11-15H2,1H3,(H,26,27,28). The SMILES string of the molecule is COc1cccc(CN(C(=O)CSc2n[nH]c(C3CC3)n2)C23CC4CC(CC(C4)C2)C3)c1. The molecule has 32 heavy (non-hydrogen) atoms. The largest absolute Gasteiger partial charge is 0.497 e. The number of amides is 1. The second-order valence-electron chi connectivity index (χ2n) is 10.5. The van der Waals surface area contributed by atoms with E-state index < -0.39 is 0 Å². The van der Waals surface area contributed by atoms with Gasteiger partial charge in [-0.15, -0.1) is 5.10 Å². The summed E-state index contributed by atoms with van der Waals surface area (Å²) in [6.45, 7) is 0.657. The van der Waals surface area contributed by atoms with E-state index in [9.17, 15) is 4.79 Å². The highest BCUT2D eigenvalue weighted by molar-refractivity contribution is 7.99. The fourth-order valence-corrected chi connectivity index (χ4v) is 7.62. The molecule has 1 heterocycles. The molecule has 1 N–H and O–H groups in total. The smallest absolute Gasteiger partial charge is 0.233 e. The molecule has 0 saturated heterocycles. The lowest BCUT2D eigenvalue weighted by Crippen LogP contribution is -2.61. The van der Waals surface area contributed by atoms with Crippen molar-refractivity contribution in [1.82, 2.24) is 20.1 Å². The van der Waals surface area contributed by atoms with Crippen molar-refractivity contribution in [2.45, 2.75) is 74.5 Å². The van der Waals surface area contributed by atoms with Gasteiger partial charge in [0.2, 0.25) is 11.1 Å². The Hall–Kier alpha value is -2.02. The number of ether oxygens (including phenoxy) is 1. The van der Waals surface area contributed by atoms with Crippen molar-refractivity contribution in [2.24, 2.45) is 17.8 Å². The molecule has 6 nitrogen and oxygen atoms in total. The summed E-state index contributed by atoms with van der Waals surface area (Å²) in [6, 6.07) is 8.19. The Kier molecular flexibility index (Phi) is 5.20. The van der Waals surface area contributed by atoms with Crippen molar-refractivity contribution in [3.05, 3.63) is 35.7 Å². The van der Waals surface area contributed by atoms with Gasteiger partial charge in [-0.2, -0.15) is 0 Å². The average Bonchev–Trinajstić information content (AvgIpc) is 3.53. The second kappa shape index (κ2) is 8.08. The minimum atomic E-state index is 0.0215. The van der Waals surface area contributed by atoms with Gasteiger partial charge in [-0.05, 0) is 86.8 Å². The Morgan fingerprint density at radius 3 is 2.56 bits per heavy atom. The van der Waals surface area contributed by atoms with Crippen LogP contribution in [0.4, 0.5) is 0 Å². The van der Waals surface area contributed by atoms with E-state index in [1.807, 2.05) is 12.1 Å². The number of hydrogen-bond acceptors (Lipinski definition) is 5. The summed E-state index contributed by atoms with van der Waals surface area (Å²) in [5, 5.41) is 8.11. The number of hydrogen-bond donors (Lipinski definition) is 1. The van der Waals surface area contributed by atoms with E-state index in [-0.39, 0.29) is 11.4 Å². The molecule has 5 aliphatic rings. The van der Waals surface area contributed by atoms with Crippen molar-refractivity contribution >= 4 is 17.7 Å². The summed E-state index contributed by atoms with van der Waals surface area (Å²) in [5.41, 5.74) is 1.17. The molecular formula is C25H32N4O2S. The van der Waals surface area contributed by atoms with E-state index in [1.165, 1.54) is 63.1 Å². The van der Waals surface area contributed by atoms with Gasteiger partial charge in [0.25, 0.3) is 0 Å².